The van der Waals surface area contributed by atoms with Gasteiger partial charge in [-0.1, -0.05) is 31.0 Å². The normalized spacial score (nSPS) is 13.4. The van der Waals surface area contributed by atoms with Crippen LogP contribution in [0.2, 0.25) is 0 Å². The molecule has 0 spiro atoms. The number of rotatable bonds is 4. The zero-order valence-electron chi connectivity index (χ0n) is 10.7. The molecule has 6 heteroatoms. The Balaban J connectivity index is 1.74. The predicted molar refractivity (Wildman–Crippen MR) is 81.2 cm³/mol. The van der Waals surface area contributed by atoms with Gasteiger partial charge in [-0.3, -0.25) is 4.72 Å². The highest BCUT2D eigenvalue weighted by atomic mass is 32.1. The van der Waals surface area contributed by atoms with E-state index in [-0.39, 0.29) is 0 Å². The van der Waals surface area contributed by atoms with E-state index in [0.29, 0.717) is 13.2 Å². The number of thiol groups is 1. The topological polar surface area (TPSA) is 50.7 Å². The Labute approximate surface area is 123 Å². The second-order valence-electron chi connectivity index (χ2n) is 4.60. The van der Waals surface area contributed by atoms with Gasteiger partial charge in [0.2, 0.25) is 0 Å². The molecule has 4 nitrogen and oxygen atoms in total. The molecular formula is C14H14BNO3S. The van der Waals surface area contributed by atoms with E-state index < -0.39 is 7.12 Å². The molecule has 0 fully saturated rings. The van der Waals surface area contributed by atoms with Crippen LogP contribution in [0.3, 0.4) is 0 Å². The van der Waals surface area contributed by atoms with Crippen LogP contribution in [0.1, 0.15) is 11.1 Å². The summed E-state index contributed by atoms with van der Waals surface area (Å²) in [5.74, 6) is 1.51. The summed E-state index contributed by atoms with van der Waals surface area (Å²) in [6, 6.07) is 13.4. The van der Waals surface area contributed by atoms with Gasteiger partial charge in [0, 0.05) is 6.54 Å². The lowest BCUT2D eigenvalue weighted by Gasteiger charge is -2.08. The summed E-state index contributed by atoms with van der Waals surface area (Å²) in [6.45, 7) is 1.12. The Kier molecular flexibility index (Phi) is 3.98. The lowest BCUT2D eigenvalue weighted by Crippen LogP contribution is -2.27. The van der Waals surface area contributed by atoms with Crippen LogP contribution in [0, 0.1) is 0 Å². The molecule has 1 heterocycles. The van der Waals surface area contributed by atoms with Gasteiger partial charge in [0.15, 0.2) is 0 Å². The first kappa shape index (κ1) is 13.5. The van der Waals surface area contributed by atoms with Crippen molar-refractivity contribution in [3.8, 4) is 11.5 Å². The number of hydrogen-bond donors (Lipinski definition) is 3. The fourth-order valence-electron chi connectivity index (χ4n) is 2.17. The Morgan fingerprint density at radius 1 is 1.20 bits per heavy atom. The van der Waals surface area contributed by atoms with Gasteiger partial charge in [0.1, 0.15) is 11.5 Å². The predicted octanol–water partition coefficient (Wildman–Crippen LogP) is 1.63. The van der Waals surface area contributed by atoms with Gasteiger partial charge in [-0.2, -0.15) is 0 Å². The fraction of sp³-hybridized carbons (Fsp3) is 0.143. The van der Waals surface area contributed by atoms with E-state index in [0.717, 1.165) is 28.1 Å². The molecule has 20 heavy (non-hydrogen) atoms. The van der Waals surface area contributed by atoms with E-state index in [1.807, 2.05) is 42.5 Å². The van der Waals surface area contributed by atoms with E-state index in [2.05, 4.69) is 17.5 Å². The summed E-state index contributed by atoms with van der Waals surface area (Å²) in [7, 11) is -0.813. The molecule has 102 valence electrons. The van der Waals surface area contributed by atoms with E-state index in [1.165, 1.54) is 0 Å². The third-order valence-electron chi connectivity index (χ3n) is 3.22. The second-order valence-corrected chi connectivity index (χ2v) is 4.92. The maximum Gasteiger partial charge on any atom is 0.491 e. The van der Waals surface area contributed by atoms with Crippen molar-refractivity contribution >= 4 is 25.4 Å². The van der Waals surface area contributed by atoms with Crippen molar-refractivity contribution < 1.29 is 14.4 Å². The highest BCUT2D eigenvalue weighted by molar-refractivity contribution is 7.78. The van der Waals surface area contributed by atoms with Crippen LogP contribution >= 0.6 is 12.8 Å². The van der Waals surface area contributed by atoms with Gasteiger partial charge < -0.3 is 14.4 Å². The smallest absolute Gasteiger partial charge is 0.457 e. The van der Waals surface area contributed by atoms with Crippen LogP contribution in [0.4, 0.5) is 0 Å². The van der Waals surface area contributed by atoms with Crippen molar-refractivity contribution in [2.45, 2.75) is 13.2 Å². The van der Waals surface area contributed by atoms with Gasteiger partial charge in [0.05, 0.1) is 6.61 Å². The highest BCUT2D eigenvalue weighted by Gasteiger charge is 2.27. The monoisotopic (exact) mass is 287 g/mol. The van der Waals surface area contributed by atoms with Gasteiger partial charge in [-0.05, 0) is 40.9 Å². The maximum atomic E-state index is 9.57. The van der Waals surface area contributed by atoms with E-state index in [9.17, 15) is 5.02 Å². The number of nitrogens with one attached hydrogen (secondary N) is 1. The van der Waals surface area contributed by atoms with Crippen molar-refractivity contribution in [1.82, 2.24) is 4.72 Å². The van der Waals surface area contributed by atoms with Gasteiger partial charge in [-0.15, -0.1) is 0 Å². The summed E-state index contributed by atoms with van der Waals surface area (Å²) < 4.78 is 13.8. The largest absolute Gasteiger partial charge is 0.491 e. The third kappa shape index (κ3) is 2.83. The Hall–Kier alpha value is -1.47. The van der Waals surface area contributed by atoms with E-state index in [1.54, 1.807) is 0 Å². The molecule has 0 radical (unpaired) electrons. The first-order valence-electron chi connectivity index (χ1n) is 6.32. The first-order chi connectivity index (χ1) is 9.76. The SMILES string of the molecule is OB1OCc2cc(Oc3ccc(CNS)cc3)ccc21. The number of ether oxygens (including phenoxy) is 1. The minimum atomic E-state index is -0.813. The summed E-state index contributed by atoms with van der Waals surface area (Å²) in [4.78, 5) is 0. The van der Waals surface area contributed by atoms with Crippen molar-refractivity contribution in [1.29, 1.82) is 0 Å². The van der Waals surface area contributed by atoms with Crippen molar-refractivity contribution in [2.75, 3.05) is 0 Å². The van der Waals surface area contributed by atoms with Crippen LogP contribution in [-0.4, -0.2) is 12.1 Å². The number of hydrogen-bond acceptors (Lipinski definition) is 5. The highest BCUT2D eigenvalue weighted by Crippen LogP contribution is 2.24. The minimum absolute atomic E-state index is 0.417. The molecule has 3 rings (SSSR count). The summed E-state index contributed by atoms with van der Waals surface area (Å²) in [5, 5.41) is 9.57. The Morgan fingerprint density at radius 2 is 1.95 bits per heavy atom. The van der Waals surface area contributed by atoms with Crippen LogP contribution < -0.4 is 14.9 Å². The standard InChI is InChI=1S/C14H14BNO3S/c17-15-14-6-5-13(7-11(14)9-18-15)19-12-3-1-10(2-4-12)8-16-20/h1-7,16-17,20H,8-9H2. The first-order valence-corrected chi connectivity index (χ1v) is 6.77. The number of fused-ring (bicyclic) bond motifs is 1. The zero-order valence-corrected chi connectivity index (χ0v) is 11.6. The zero-order chi connectivity index (χ0) is 13.9. The summed E-state index contributed by atoms with van der Waals surface area (Å²) >= 11 is 3.97. The average molecular weight is 287 g/mol. The lowest BCUT2D eigenvalue weighted by atomic mass is 9.80. The van der Waals surface area contributed by atoms with E-state index in [4.69, 9.17) is 9.39 Å². The van der Waals surface area contributed by atoms with Gasteiger partial charge in [0.25, 0.3) is 0 Å². The third-order valence-corrected chi connectivity index (χ3v) is 3.38. The molecule has 0 saturated heterocycles. The van der Waals surface area contributed by atoms with Crippen LogP contribution in [0.25, 0.3) is 0 Å². The fourth-order valence-corrected chi connectivity index (χ4v) is 2.36. The molecule has 1 aliphatic rings. The quantitative estimate of drug-likeness (QED) is 0.591. The van der Waals surface area contributed by atoms with Crippen molar-refractivity contribution in [2.24, 2.45) is 0 Å². The Bertz CT molecular complexity index is 606. The minimum Gasteiger partial charge on any atom is -0.457 e. The second kappa shape index (κ2) is 5.89. The van der Waals surface area contributed by atoms with E-state index >= 15 is 0 Å². The van der Waals surface area contributed by atoms with Crippen LogP contribution in [0.15, 0.2) is 42.5 Å². The summed E-state index contributed by atoms with van der Waals surface area (Å²) in [5.41, 5.74) is 2.91. The van der Waals surface area contributed by atoms with Gasteiger partial charge in [-0.25, -0.2) is 0 Å². The van der Waals surface area contributed by atoms with Crippen molar-refractivity contribution in [3.63, 3.8) is 0 Å². The molecule has 1 aliphatic heterocycles. The molecular weight excluding hydrogens is 273 g/mol. The molecule has 2 N–H and O–H groups in total. The molecule has 0 unspecified atom stereocenters. The number of benzene rings is 2. The van der Waals surface area contributed by atoms with Crippen LogP contribution in [-0.2, 0) is 17.8 Å². The molecule has 0 amide bonds. The average Bonchev–Trinajstić information content (AvgIpc) is 2.83. The molecule has 0 atom stereocenters. The van der Waals surface area contributed by atoms with Gasteiger partial charge >= 0.3 is 7.12 Å². The molecule has 0 aromatic heterocycles. The Morgan fingerprint density at radius 3 is 2.70 bits per heavy atom. The molecule has 0 aliphatic carbocycles. The van der Waals surface area contributed by atoms with Crippen molar-refractivity contribution in [3.05, 3.63) is 53.6 Å². The maximum absolute atomic E-state index is 9.57. The molecule has 0 bridgehead atoms. The molecule has 2 aromatic rings. The molecule has 2 aromatic carbocycles. The molecule has 0 saturated carbocycles. The summed E-state index contributed by atoms with van der Waals surface area (Å²) in [6.07, 6.45) is 0. The lowest BCUT2D eigenvalue weighted by molar-refractivity contribution is 0.275. The van der Waals surface area contributed by atoms with Crippen LogP contribution in [0.5, 0.6) is 11.5 Å².